The van der Waals surface area contributed by atoms with Crippen LogP contribution in [0.25, 0.3) is 0 Å². The summed E-state index contributed by atoms with van der Waals surface area (Å²) in [4.78, 5) is 0. The van der Waals surface area contributed by atoms with Gasteiger partial charge >= 0.3 is 0 Å². The molecule has 0 aliphatic rings. The van der Waals surface area contributed by atoms with E-state index in [-0.39, 0.29) is 0 Å². The van der Waals surface area contributed by atoms with Crippen molar-refractivity contribution in [3.63, 3.8) is 0 Å². The monoisotopic (exact) mass is 264 g/mol. The SMILES string of the molecule is COc1cc(C(N)C(C)(C)C#N)cc(OC)c1OC. The van der Waals surface area contributed by atoms with E-state index in [0.717, 1.165) is 5.56 Å². The average Bonchev–Trinajstić information content (AvgIpc) is 2.44. The van der Waals surface area contributed by atoms with Crippen LogP contribution in [0.2, 0.25) is 0 Å². The molecule has 1 aromatic rings. The van der Waals surface area contributed by atoms with Crippen molar-refractivity contribution in [3.8, 4) is 23.3 Å². The molecule has 1 atom stereocenters. The molecule has 104 valence electrons. The summed E-state index contributed by atoms with van der Waals surface area (Å²) < 4.78 is 15.8. The van der Waals surface area contributed by atoms with Crippen LogP contribution in [0.5, 0.6) is 17.2 Å². The Morgan fingerprint density at radius 1 is 1.11 bits per heavy atom. The van der Waals surface area contributed by atoms with Crippen LogP contribution in [-0.4, -0.2) is 21.3 Å². The number of hydrogen-bond donors (Lipinski definition) is 1. The molecular weight excluding hydrogens is 244 g/mol. The highest BCUT2D eigenvalue weighted by atomic mass is 16.5. The zero-order valence-corrected chi connectivity index (χ0v) is 12.0. The van der Waals surface area contributed by atoms with Crippen LogP contribution in [0, 0.1) is 16.7 Å². The smallest absolute Gasteiger partial charge is 0.203 e. The minimum Gasteiger partial charge on any atom is -0.493 e. The molecule has 19 heavy (non-hydrogen) atoms. The Morgan fingerprint density at radius 3 is 1.89 bits per heavy atom. The van der Waals surface area contributed by atoms with Gasteiger partial charge in [-0.15, -0.1) is 0 Å². The van der Waals surface area contributed by atoms with Gasteiger partial charge in [-0.3, -0.25) is 0 Å². The van der Waals surface area contributed by atoms with Crippen LogP contribution < -0.4 is 19.9 Å². The largest absolute Gasteiger partial charge is 0.493 e. The summed E-state index contributed by atoms with van der Waals surface area (Å²) in [6.45, 7) is 3.59. The van der Waals surface area contributed by atoms with Gasteiger partial charge in [-0.1, -0.05) is 0 Å². The molecule has 0 spiro atoms. The highest BCUT2D eigenvalue weighted by Gasteiger charge is 2.29. The van der Waals surface area contributed by atoms with Crippen molar-refractivity contribution in [2.75, 3.05) is 21.3 Å². The van der Waals surface area contributed by atoms with Crippen molar-refractivity contribution in [2.24, 2.45) is 11.1 Å². The Morgan fingerprint density at radius 2 is 1.58 bits per heavy atom. The molecule has 5 nitrogen and oxygen atoms in total. The highest BCUT2D eigenvalue weighted by molar-refractivity contribution is 5.54. The molecule has 0 radical (unpaired) electrons. The number of nitrogens with two attached hydrogens (primary N) is 1. The number of benzene rings is 1. The fourth-order valence-corrected chi connectivity index (χ4v) is 1.77. The third-order valence-electron chi connectivity index (χ3n) is 3.11. The Kier molecular flexibility index (Phi) is 4.62. The molecular formula is C14H20N2O3. The zero-order valence-electron chi connectivity index (χ0n) is 12.0. The average molecular weight is 264 g/mol. The normalized spacial score (nSPS) is 12.5. The van der Waals surface area contributed by atoms with Crippen molar-refractivity contribution >= 4 is 0 Å². The summed E-state index contributed by atoms with van der Waals surface area (Å²) in [5.41, 5.74) is 6.22. The van der Waals surface area contributed by atoms with E-state index < -0.39 is 11.5 Å². The van der Waals surface area contributed by atoms with Gasteiger partial charge in [0.05, 0.1) is 32.8 Å². The van der Waals surface area contributed by atoms with E-state index in [9.17, 15) is 0 Å². The third-order valence-corrected chi connectivity index (χ3v) is 3.11. The van der Waals surface area contributed by atoms with Crippen LogP contribution in [0.15, 0.2) is 12.1 Å². The van der Waals surface area contributed by atoms with E-state index in [2.05, 4.69) is 6.07 Å². The first-order valence-electron chi connectivity index (χ1n) is 5.88. The van der Waals surface area contributed by atoms with E-state index in [0.29, 0.717) is 17.2 Å². The third kappa shape index (κ3) is 2.91. The maximum atomic E-state index is 9.16. The molecule has 0 saturated carbocycles. The first-order valence-corrected chi connectivity index (χ1v) is 5.88. The van der Waals surface area contributed by atoms with Crippen molar-refractivity contribution < 1.29 is 14.2 Å². The summed E-state index contributed by atoms with van der Waals surface area (Å²) in [5, 5.41) is 9.16. The summed E-state index contributed by atoms with van der Waals surface area (Å²) in [7, 11) is 4.63. The number of nitrogens with zero attached hydrogens (tertiary/aromatic N) is 1. The fraction of sp³-hybridized carbons (Fsp3) is 0.500. The second-order valence-electron chi connectivity index (χ2n) is 4.77. The second kappa shape index (κ2) is 5.81. The molecule has 2 N–H and O–H groups in total. The molecule has 0 bridgehead atoms. The van der Waals surface area contributed by atoms with Gasteiger partial charge in [0.25, 0.3) is 0 Å². The van der Waals surface area contributed by atoms with Crippen LogP contribution >= 0.6 is 0 Å². The number of rotatable bonds is 5. The summed E-state index contributed by atoms with van der Waals surface area (Å²) in [6.07, 6.45) is 0. The summed E-state index contributed by atoms with van der Waals surface area (Å²) in [6, 6.07) is 5.29. The lowest BCUT2D eigenvalue weighted by molar-refractivity contribution is 0.321. The topological polar surface area (TPSA) is 77.5 Å². The van der Waals surface area contributed by atoms with Crippen LogP contribution in [0.1, 0.15) is 25.5 Å². The number of hydrogen-bond acceptors (Lipinski definition) is 5. The van der Waals surface area contributed by atoms with Gasteiger partial charge in [-0.2, -0.15) is 5.26 Å². The predicted octanol–water partition coefficient (Wildman–Crippen LogP) is 2.26. The lowest BCUT2D eigenvalue weighted by atomic mass is 9.82. The first kappa shape index (κ1) is 15.1. The molecule has 0 heterocycles. The van der Waals surface area contributed by atoms with Gasteiger partial charge in [0, 0.05) is 6.04 Å². The molecule has 0 fully saturated rings. The first-order chi connectivity index (χ1) is 8.91. The fourth-order valence-electron chi connectivity index (χ4n) is 1.77. The Hall–Kier alpha value is -1.93. The van der Waals surface area contributed by atoms with E-state index in [1.807, 2.05) is 0 Å². The molecule has 0 aliphatic heterocycles. The number of ether oxygens (including phenoxy) is 3. The van der Waals surface area contributed by atoms with Gasteiger partial charge in [-0.05, 0) is 31.5 Å². The lowest BCUT2D eigenvalue weighted by Gasteiger charge is -2.25. The second-order valence-corrected chi connectivity index (χ2v) is 4.77. The number of nitriles is 1. The van der Waals surface area contributed by atoms with Crippen LogP contribution in [-0.2, 0) is 0 Å². The molecule has 0 amide bonds. The molecule has 0 aromatic heterocycles. The molecule has 5 heteroatoms. The van der Waals surface area contributed by atoms with E-state index >= 15 is 0 Å². The molecule has 0 aliphatic carbocycles. The van der Waals surface area contributed by atoms with Gasteiger partial charge in [0.1, 0.15) is 0 Å². The van der Waals surface area contributed by atoms with Crippen molar-refractivity contribution in [3.05, 3.63) is 17.7 Å². The van der Waals surface area contributed by atoms with Crippen molar-refractivity contribution in [1.82, 2.24) is 0 Å². The van der Waals surface area contributed by atoms with Crippen molar-refractivity contribution in [1.29, 1.82) is 5.26 Å². The summed E-state index contributed by atoms with van der Waals surface area (Å²) >= 11 is 0. The van der Waals surface area contributed by atoms with Gasteiger partial charge in [0.15, 0.2) is 11.5 Å². The van der Waals surface area contributed by atoms with E-state index in [1.54, 1.807) is 47.3 Å². The van der Waals surface area contributed by atoms with E-state index in [1.165, 1.54) is 0 Å². The summed E-state index contributed by atoms with van der Waals surface area (Å²) in [5.74, 6) is 1.57. The van der Waals surface area contributed by atoms with E-state index in [4.69, 9.17) is 25.2 Å². The zero-order chi connectivity index (χ0) is 14.6. The molecule has 1 rings (SSSR count). The van der Waals surface area contributed by atoms with Gasteiger partial charge in [-0.25, -0.2) is 0 Å². The maximum absolute atomic E-state index is 9.16. The molecule has 0 saturated heterocycles. The van der Waals surface area contributed by atoms with Gasteiger partial charge < -0.3 is 19.9 Å². The maximum Gasteiger partial charge on any atom is 0.203 e. The minimum absolute atomic E-state index is 0.453. The Bertz CT molecular complexity index is 467. The minimum atomic E-state index is -0.690. The number of methoxy groups -OCH3 is 3. The van der Waals surface area contributed by atoms with Crippen LogP contribution in [0.4, 0.5) is 0 Å². The molecule has 1 aromatic carbocycles. The predicted molar refractivity (Wildman–Crippen MR) is 72.4 cm³/mol. The highest BCUT2D eigenvalue weighted by Crippen LogP contribution is 2.42. The Balaban J connectivity index is 3.35. The van der Waals surface area contributed by atoms with Crippen LogP contribution in [0.3, 0.4) is 0 Å². The molecule has 1 unspecified atom stereocenters. The standard InChI is InChI=1S/C14H20N2O3/c1-14(2,8-15)13(16)9-6-10(17-3)12(19-5)11(7-9)18-4/h6-7,13H,16H2,1-5H3. The van der Waals surface area contributed by atoms with Crippen molar-refractivity contribution in [2.45, 2.75) is 19.9 Å². The lowest BCUT2D eigenvalue weighted by Crippen LogP contribution is -2.27. The quantitative estimate of drug-likeness (QED) is 0.882. The Labute approximate surface area is 113 Å². The van der Waals surface area contributed by atoms with Gasteiger partial charge in [0.2, 0.25) is 5.75 Å².